The van der Waals surface area contributed by atoms with Crippen molar-refractivity contribution in [2.45, 2.75) is 19.3 Å². The molecule has 0 heterocycles. The van der Waals surface area contributed by atoms with Gasteiger partial charge in [0.25, 0.3) is 0 Å². The van der Waals surface area contributed by atoms with E-state index >= 15 is 0 Å². The Balaban J connectivity index is 2.13. The summed E-state index contributed by atoms with van der Waals surface area (Å²) in [7, 11) is 0. The molecule has 86 valence electrons. The number of hydrogen-bond acceptors (Lipinski definition) is 2. The minimum atomic E-state index is -0.806. The van der Waals surface area contributed by atoms with Crippen LogP contribution in [0.5, 0.6) is 5.75 Å². The number of carbonyl (C=O) groups is 1. The maximum atomic E-state index is 13.5. The fraction of sp³-hybridized carbons (Fsp3) is 0.417. The van der Waals surface area contributed by atoms with Gasteiger partial charge in [-0.15, -0.1) is 0 Å². The maximum Gasteiger partial charge on any atom is 0.307 e. The van der Waals surface area contributed by atoms with Gasteiger partial charge in [0.1, 0.15) is 0 Å². The Bertz CT molecular complexity index is 417. The number of halogens is 1. The fourth-order valence-corrected chi connectivity index (χ4v) is 1.86. The smallest absolute Gasteiger partial charge is 0.307 e. The summed E-state index contributed by atoms with van der Waals surface area (Å²) in [5, 5.41) is 8.77. The quantitative estimate of drug-likeness (QED) is 0.854. The van der Waals surface area contributed by atoms with Crippen LogP contribution in [0.15, 0.2) is 18.2 Å². The molecule has 0 bridgehead atoms. The fourth-order valence-electron chi connectivity index (χ4n) is 1.86. The molecule has 1 aromatic rings. The van der Waals surface area contributed by atoms with Gasteiger partial charge in [-0.2, -0.15) is 0 Å². The molecular weight excluding hydrogens is 211 g/mol. The Kier molecular flexibility index (Phi) is 2.81. The van der Waals surface area contributed by atoms with Crippen LogP contribution in [-0.4, -0.2) is 17.7 Å². The van der Waals surface area contributed by atoms with E-state index in [0.717, 1.165) is 5.56 Å². The van der Waals surface area contributed by atoms with Crippen molar-refractivity contribution in [2.24, 2.45) is 5.92 Å². The van der Waals surface area contributed by atoms with Crippen LogP contribution in [0.1, 0.15) is 24.8 Å². The number of carboxylic acids is 1. The van der Waals surface area contributed by atoms with Gasteiger partial charge >= 0.3 is 5.97 Å². The molecule has 1 saturated carbocycles. The first kappa shape index (κ1) is 10.9. The molecule has 0 radical (unpaired) electrons. The van der Waals surface area contributed by atoms with Gasteiger partial charge in [-0.25, -0.2) is 4.39 Å². The molecule has 0 amide bonds. The number of benzene rings is 1. The van der Waals surface area contributed by atoms with Gasteiger partial charge in [0.05, 0.1) is 12.5 Å². The Hall–Kier alpha value is -1.58. The highest BCUT2D eigenvalue weighted by atomic mass is 19.1. The van der Waals surface area contributed by atoms with Crippen molar-refractivity contribution in [1.82, 2.24) is 0 Å². The highest BCUT2D eigenvalue weighted by Gasteiger charge is 2.44. The lowest BCUT2D eigenvalue weighted by Gasteiger charge is -2.06. The van der Waals surface area contributed by atoms with Gasteiger partial charge in [-0.3, -0.25) is 4.79 Å². The first-order chi connectivity index (χ1) is 7.63. The van der Waals surface area contributed by atoms with Crippen LogP contribution in [0.25, 0.3) is 0 Å². The van der Waals surface area contributed by atoms with E-state index in [2.05, 4.69) is 0 Å². The van der Waals surface area contributed by atoms with Crippen molar-refractivity contribution < 1.29 is 19.0 Å². The SMILES string of the molecule is CCOc1ccc([C@H]2C[C@@H]2C(=O)O)cc1F. The summed E-state index contributed by atoms with van der Waals surface area (Å²) in [6.07, 6.45) is 0.600. The lowest BCUT2D eigenvalue weighted by molar-refractivity contribution is -0.138. The van der Waals surface area contributed by atoms with E-state index in [-0.39, 0.29) is 17.6 Å². The minimum absolute atomic E-state index is 0.0392. The van der Waals surface area contributed by atoms with Crippen LogP contribution in [-0.2, 0) is 4.79 Å². The van der Waals surface area contributed by atoms with Crippen molar-refractivity contribution in [3.05, 3.63) is 29.6 Å². The highest BCUT2D eigenvalue weighted by Crippen LogP contribution is 2.48. The molecule has 0 saturated heterocycles. The summed E-state index contributed by atoms with van der Waals surface area (Å²) in [4.78, 5) is 10.7. The molecule has 1 N–H and O–H groups in total. The summed E-state index contributed by atoms with van der Waals surface area (Å²) >= 11 is 0. The molecule has 1 aromatic carbocycles. The lowest BCUT2D eigenvalue weighted by atomic mass is 10.1. The average molecular weight is 224 g/mol. The van der Waals surface area contributed by atoms with Crippen molar-refractivity contribution in [2.75, 3.05) is 6.61 Å². The van der Waals surface area contributed by atoms with Crippen molar-refractivity contribution in [3.8, 4) is 5.75 Å². The number of aliphatic carboxylic acids is 1. The third-order valence-electron chi connectivity index (χ3n) is 2.79. The number of ether oxygens (including phenoxy) is 1. The van der Waals surface area contributed by atoms with Crippen LogP contribution < -0.4 is 4.74 Å². The van der Waals surface area contributed by atoms with E-state index in [1.807, 2.05) is 0 Å². The van der Waals surface area contributed by atoms with E-state index in [1.165, 1.54) is 6.07 Å². The van der Waals surface area contributed by atoms with Crippen LogP contribution in [0.2, 0.25) is 0 Å². The first-order valence-corrected chi connectivity index (χ1v) is 5.28. The number of rotatable bonds is 4. The zero-order valence-corrected chi connectivity index (χ0v) is 8.94. The van der Waals surface area contributed by atoms with Crippen LogP contribution in [0.4, 0.5) is 4.39 Å². The summed E-state index contributed by atoms with van der Waals surface area (Å²) in [5.41, 5.74) is 0.744. The van der Waals surface area contributed by atoms with Crippen molar-refractivity contribution in [3.63, 3.8) is 0 Å². The average Bonchev–Trinajstić information content (AvgIpc) is 3.01. The van der Waals surface area contributed by atoms with Gasteiger partial charge in [-0.1, -0.05) is 6.07 Å². The second-order valence-electron chi connectivity index (χ2n) is 3.91. The molecule has 1 aliphatic rings. The standard InChI is InChI=1S/C12H13FO3/c1-2-16-11-4-3-7(5-10(11)13)8-6-9(8)12(14)15/h3-5,8-9H,2,6H2,1H3,(H,14,15)/t8-,9+/m1/s1. The maximum absolute atomic E-state index is 13.5. The minimum Gasteiger partial charge on any atom is -0.491 e. The Labute approximate surface area is 92.9 Å². The molecule has 4 heteroatoms. The Morgan fingerprint density at radius 3 is 2.88 bits per heavy atom. The second kappa shape index (κ2) is 4.12. The first-order valence-electron chi connectivity index (χ1n) is 5.28. The second-order valence-corrected chi connectivity index (χ2v) is 3.91. The lowest BCUT2D eigenvalue weighted by Crippen LogP contribution is -2.00. The van der Waals surface area contributed by atoms with Crippen molar-refractivity contribution >= 4 is 5.97 Å². The topological polar surface area (TPSA) is 46.5 Å². The summed E-state index contributed by atoms with van der Waals surface area (Å²) < 4.78 is 18.6. The van der Waals surface area contributed by atoms with Crippen molar-refractivity contribution in [1.29, 1.82) is 0 Å². The predicted octanol–water partition coefficient (Wildman–Crippen LogP) is 2.41. The third-order valence-corrected chi connectivity index (χ3v) is 2.79. The van der Waals surface area contributed by atoms with Gasteiger partial charge in [-0.05, 0) is 37.0 Å². The highest BCUT2D eigenvalue weighted by molar-refractivity contribution is 5.75. The van der Waals surface area contributed by atoms with E-state index in [4.69, 9.17) is 9.84 Å². The van der Waals surface area contributed by atoms with E-state index in [9.17, 15) is 9.18 Å². The molecule has 0 aromatic heterocycles. The zero-order chi connectivity index (χ0) is 11.7. The van der Waals surface area contributed by atoms with Crippen LogP contribution in [0, 0.1) is 11.7 Å². The van der Waals surface area contributed by atoms with E-state index in [0.29, 0.717) is 13.0 Å². The zero-order valence-electron chi connectivity index (χ0n) is 8.94. The molecule has 2 atom stereocenters. The largest absolute Gasteiger partial charge is 0.491 e. The molecule has 3 nitrogen and oxygen atoms in total. The molecular formula is C12H13FO3. The van der Waals surface area contributed by atoms with E-state index < -0.39 is 11.8 Å². The molecule has 2 rings (SSSR count). The van der Waals surface area contributed by atoms with E-state index in [1.54, 1.807) is 19.1 Å². The van der Waals surface area contributed by atoms with Crippen LogP contribution >= 0.6 is 0 Å². The van der Waals surface area contributed by atoms with Gasteiger partial charge in [0.2, 0.25) is 0 Å². The molecule has 0 aliphatic heterocycles. The molecule has 1 fully saturated rings. The summed E-state index contributed by atoms with van der Waals surface area (Å²) in [6, 6.07) is 4.67. The summed E-state index contributed by atoms with van der Waals surface area (Å²) in [6.45, 7) is 2.20. The number of hydrogen-bond donors (Lipinski definition) is 1. The summed E-state index contributed by atoms with van der Waals surface area (Å²) in [5.74, 6) is -1.39. The Morgan fingerprint density at radius 1 is 1.62 bits per heavy atom. The third kappa shape index (κ3) is 2.01. The van der Waals surface area contributed by atoms with Gasteiger partial charge < -0.3 is 9.84 Å². The normalized spacial score (nSPS) is 22.9. The van der Waals surface area contributed by atoms with Gasteiger partial charge in [0, 0.05) is 0 Å². The molecule has 16 heavy (non-hydrogen) atoms. The molecule has 1 aliphatic carbocycles. The molecule has 0 unspecified atom stereocenters. The Morgan fingerprint density at radius 2 is 2.38 bits per heavy atom. The van der Waals surface area contributed by atoms with Crippen LogP contribution in [0.3, 0.4) is 0 Å². The molecule has 0 spiro atoms. The monoisotopic (exact) mass is 224 g/mol. The number of carboxylic acid groups (broad SMARTS) is 1. The van der Waals surface area contributed by atoms with Gasteiger partial charge in [0.15, 0.2) is 11.6 Å². The predicted molar refractivity (Wildman–Crippen MR) is 56.1 cm³/mol.